The predicted molar refractivity (Wildman–Crippen MR) is 93.3 cm³/mol. The molecule has 2 aromatic heterocycles. The van der Waals surface area contributed by atoms with Gasteiger partial charge < -0.3 is 14.2 Å². The number of amides is 1. The minimum absolute atomic E-state index is 0.0487. The zero-order valence-electron chi connectivity index (χ0n) is 14.3. The highest BCUT2D eigenvalue weighted by Crippen LogP contribution is 2.33. The Balaban J connectivity index is 1.44. The van der Waals surface area contributed by atoms with Gasteiger partial charge in [0.1, 0.15) is 11.8 Å². The maximum absolute atomic E-state index is 12.6. The summed E-state index contributed by atoms with van der Waals surface area (Å²) in [6.07, 6.45) is 4.53. The fourth-order valence-corrected chi connectivity index (χ4v) is 2.94. The Morgan fingerprint density at radius 2 is 2.15 bits per heavy atom. The van der Waals surface area contributed by atoms with Crippen LogP contribution in [0, 0.1) is 0 Å². The first-order valence-electron chi connectivity index (χ1n) is 8.41. The zero-order chi connectivity index (χ0) is 17.9. The van der Waals surface area contributed by atoms with Crippen molar-refractivity contribution in [1.29, 1.82) is 0 Å². The van der Waals surface area contributed by atoms with Crippen molar-refractivity contribution in [3.05, 3.63) is 60.2 Å². The number of methoxy groups -OCH3 is 1. The van der Waals surface area contributed by atoms with Crippen molar-refractivity contribution in [2.24, 2.45) is 0 Å². The number of rotatable bonds is 5. The minimum atomic E-state index is -0.154. The van der Waals surface area contributed by atoms with Crippen molar-refractivity contribution in [3.8, 4) is 17.1 Å². The number of hydrogen-bond donors (Lipinski definition) is 0. The van der Waals surface area contributed by atoms with Gasteiger partial charge in [-0.25, -0.2) is 0 Å². The van der Waals surface area contributed by atoms with Gasteiger partial charge in [0.25, 0.3) is 0 Å². The smallest absolute Gasteiger partial charge is 0.249 e. The second kappa shape index (κ2) is 6.95. The van der Waals surface area contributed by atoms with Crippen molar-refractivity contribution in [2.45, 2.75) is 18.9 Å². The van der Waals surface area contributed by atoms with Gasteiger partial charge in [-0.15, -0.1) is 0 Å². The number of pyridine rings is 1. The molecule has 7 nitrogen and oxygen atoms in total. The lowest BCUT2D eigenvalue weighted by Crippen LogP contribution is -2.46. The molecule has 0 saturated carbocycles. The molecule has 26 heavy (non-hydrogen) atoms. The van der Waals surface area contributed by atoms with E-state index in [0.29, 0.717) is 24.7 Å². The largest absolute Gasteiger partial charge is 0.497 e. The summed E-state index contributed by atoms with van der Waals surface area (Å²) in [7, 11) is 1.62. The van der Waals surface area contributed by atoms with Gasteiger partial charge in [-0.1, -0.05) is 17.3 Å². The molecule has 3 aromatic rings. The average Bonchev–Trinajstić information content (AvgIpc) is 3.11. The average molecular weight is 350 g/mol. The van der Waals surface area contributed by atoms with Crippen molar-refractivity contribution in [3.63, 3.8) is 0 Å². The van der Waals surface area contributed by atoms with Crippen LogP contribution in [0.2, 0.25) is 0 Å². The van der Waals surface area contributed by atoms with Crippen LogP contribution in [-0.2, 0) is 11.2 Å². The summed E-state index contributed by atoms with van der Waals surface area (Å²) >= 11 is 0. The summed E-state index contributed by atoms with van der Waals surface area (Å²) in [5.41, 5.74) is 1.74. The molecule has 1 aliphatic rings. The summed E-state index contributed by atoms with van der Waals surface area (Å²) < 4.78 is 10.5. The topological polar surface area (TPSA) is 81.4 Å². The van der Waals surface area contributed by atoms with Crippen LogP contribution in [0.1, 0.15) is 23.9 Å². The molecule has 1 fully saturated rings. The minimum Gasteiger partial charge on any atom is -0.497 e. The lowest BCUT2D eigenvalue weighted by molar-refractivity contribution is -0.139. The number of carbonyl (C=O) groups excluding carboxylic acids is 1. The summed E-state index contributed by atoms with van der Waals surface area (Å²) in [6, 6.07) is 11.0. The molecule has 7 heteroatoms. The molecule has 1 atom stereocenters. The van der Waals surface area contributed by atoms with Gasteiger partial charge in [0.15, 0.2) is 0 Å². The Bertz CT molecular complexity index is 893. The van der Waals surface area contributed by atoms with Crippen LogP contribution in [0.4, 0.5) is 0 Å². The predicted octanol–water partition coefficient (Wildman–Crippen LogP) is 2.66. The van der Waals surface area contributed by atoms with E-state index in [0.717, 1.165) is 23.3 Å². The number of hydrogen-bond acceptors (Lipinski definition) is 6. The molecule has 3 heterocycles. The SMILES string of the molecule is COc1ccc(CC(=O)N2CCC2c2nc(-c3cccnc3)no2)cc1. The van der Waals surface area contributed by atoms with Gasteiger partial charge in [-0.2, -0.15) is 4.98 Å². The van der Waals surface area contributed by atoms with E-state index in [2.05, 4.69) is 15.1 Å². The second-order valence-electron chi connectivity index (χ2n) is 6.11. The number of nitrogens with zero attached hydrogens (tertiary/aromatic N) is 4. The Morgan fingerprint density at radius 1 is 1.31 bits per heavy atom. The molecular formula is C19H18N4O3. The molecule has 0 aliphatic carbocycles. The summed E-state index contributed by atoms with van der Waals surface area (Å²) in [5, 5.41) is 4.01. The first-order valence-corrected chi connectivity index (χ1v) is 8.41. The highest BCUT2D eigenvalue weighted by Gasteiger charge is 2.37. The van der Waals surface area contributed by atoms with Gasteiger partial charge in [0, 0.05) is 24.5 Å². The lowest BCUT2D eigenvalue weighted by atomic mass is 10.0. The lowest BCUT2D eigenvalue weighted by Gasteiger charge is -2.38. The monoisotopic (exact) mass is 350 g/mol. The quantitative estimate of drug-likeness (QED) is 0.704. The van der Waals surface area contributed by atoms with Crippen LogP contribution in [0.15, 0.2) is 53.3 Å². The molecule has 1 saturated heterocycles. The van der Waals surface area contributed by atoms with Gasteiger partial charge >= 0.3 is 0 Å². The highest BCUT2D eigenvalue weighted by molar-refractivity contribution is 5.80. The Kier molecular flexibility index (Phi) is 4.35. The number of likely N-dealkylation sites (tertiary alicyclic amines) is 1. The van der Waals surface area contributed by atoms with Gasteiger partial charge in [-0.3, -0.25) is 9.78 Å². The summed E-state index contributed by atoms with van der Waals surface area (Å²) in [5.74, 6) is 1.78. The molecular weight excluding hydrogens is 332 g/mol. The van der Waals surface area contributed by atoms with Crippen molar-refractivity contribution < 1.29 is 14.1 Å². The number of ether oxygens (including phenoxy) is 1. The summed E-state index contributed by atoms with van der Waals surface area (Å²) in [6.45, 7) is 0.699. The third-order valence-corrected chi connectivity index (χ3v) is 4.50. The third-order valence-electron chi connectivity index (χ3n) is 4.50. The van der Waals surface area contributed by atoms with Crippen LogP contribution in [0.25, 0.3) is 11.4 Å². The van der Waals surface area contributed by atoms with Crippen molar-refractivity contribution in [2.75, 3.05) is 13.7 Å². The number of carbonyl (C=O) groups is 1. The van der Waals surface area contributed by atoms with E-state index >= 15 is 0 Å². The fourth-order valence-electron chi connectivity index (χ4n) is 2.94. The molecule has 132 valence electrons. The number of aromatic nitrogens is 3. The molecule has 1 aliphatic heterocycles. The van der Waals surface area contributed by atoms with Crippen LogP contribution < -0.4 is 4.74 Å². The Hall–Kier alpha value is -3.22. The Morgan fingerprint density at radius 3 is 2.81 bits per heavy atom. The number of benzene rings is 1. The molecule has 0 N–H and O–H groups in total. The van der Waals surface area contributed by atoms with Crippen LogP contribution >= 0.6 is 0 Å². The standard InChI is InChI=1S/C19H18N4O3/c1-25-15-6-4-13(5-7-15)11-17(24)23-10-8-16(23)19-21-18(22-26-19)14-3-2-9-20-12-14/h2-7,9,12,16H,8,10-11H2,1H3. The highest BCUT2D eigenvalue weighted by atomic mass is 16.5. The third kappa shape index (κ3) is 3.15. The first kappa shape index (κ1) is 16.3. The maximum Gasteiger partial charge on any atom is 0.249 e. The van der Waals surface area contributed by atoms with E-state index in [-0.39, 0.29) is 11.9 Å². The van der Waals surface area contributed by atoms with Crippen molar-refractivity contribution >= 4 is 5.91 Å². The Labute approximate surface area is 150 Å². The van der Waals surface area contributed by atoms with E-state index in [1.807, 2.05) is 36.4 Å². The maximum atomic E-state index is 12.6. The van der Waals surface area contributed by atoms with Gasteiger partial charge in [-0.05, 0) is 36.2 Å². The van der Waals surface area contributed by atoms with Gasteiger partial charge in [0.2, 0.25) is 17.6 Å². The van der Waals surface area contributed by atoms with Crippen molar-refractivity contribution in [1.82, 2.24) is 20.0 Å². The van der Waals surface area contributed by atoms with E-state index in [4.69, 9.17) is 9.26 Å². The van der Waals surface area contributed by atoms with E-state index in [1.54, 1.807) is 24.4 Å². The fraction of sp³-hybridized carbons (Fsp3) is 0.263. The normalized spacial score (nSPS) is 16.2. The molecule has 0 radical (unpaired) electrons. The molecule has 1 aromatic carbocycles. The van der Waals surface area contributed by atoms with Crippen LogP contribution in [0.5, 0.6) is 5.75 Å². The van der Waals surface area contributed by atoms with E-state index in [1.165, 1.54) is 0 Å². The van der Waals surface area contributed by atoms with E-state index < -0.39 is 0 Å². The first-order chi connectivity index (χ1) is 12.7. The zero-order valence-corrected chi connectivity index (χ0v) is 14.3. The second-order valence-corrected chi connectivity index (χ2v) is 6.11. The molecule has 1 unspecified atom stereocenters. The van der Waals surface area contributed by atoms with Gasteiger partial charge in [0.05, 0.1) is 13.5 Å². The van der Waals surface area contributed by atoms with E-state index in [9.17, 15) is 4.79 Å². The molecule has 1 amide bonds. The van der Waals surface area contributed by atoms with Crippen LogP contribution in [-0.4, -0.2) is 39.6 Å². The molecule has 0 bridgehead atoms. The summed E-state index contributed by atoms with van der Waals surface area (Å²) in [4.78, 5) is 22.9. The molecule has 0 spiro atoms. The van der Waals surface area contributed by atoms with Crippen LogP contribution in [0.3, 0.4) is 0 Å². The molecule has 4 rings (SSSR count).